The molecule has 3 aromatic carbocycles. The van der Waals surface area contributed by atoms with Gasteiger partial charge >= 0.3 is 11.9 Å². The normalized spacial score (nSPS) is 11.3. The molecule has 4 nitrogen and oxygen atoms in total. The minimum atomic E-state index is -1.63. The smallest absolute Gasteiger partial charge is 0.308 e. The molecule has 174 valence electrons. The monoisotopic (exact) mass is 486 g/mol. The number of esters is 2. The Hall–Kier alpha value is -3.33. The lowest BCUT2D eigenvalue weighted by atomic mass is 9.99. The van der Waals surface area contributed by atoms with Crippen LogP contribution >= 0.6 is 0 Å². The van der Waals surface area contributed by atoms with Gasteiger partial charge < -0.3 is 9.47 Å². The number of benzene rings is 3. The predicted molar refractivity (Wildman–Crippen MR) is 145 cm³/mol. The summed E-state index contributed by atoms with van der Waals surface area (Å²) in [5.74, 6) is 6.60. The van der Waals surface area contributed by atoms with Crippen molar-refractivity contribution in [3.8, 4) is 34.4 Å². The Morgan fingerprint density at radius 3 is 1.21 bits per heavy atom. The lowest BCUT2D eigenvalue weighted by molar-refractivity contribution is -0.132. The molecular formula is C28H30O4Si2. The summed E-state index contributed by atoms with van der Waals surface area (Å²) < 4.78 is 11.0. The van der Waals surface area contributed by atoms with Crippen molar-refractivity contribution in [1.82, 2.24) is 0 Å². The van der Waals surface area contributed by atoms with Crippen molar-refractivity contribution < 1.29 is 19.1 Å². The molecule has 0 radical (unpaired) electrons. The van der Waals surface area contributed by atoms with Gasteiger partial charge in [0.05, 0.1) is 11.1 Å². The van der Waals surface area contributed by atoms with Gasteiger partial charge in [0, 0.05) is 13.8 Å². The van der Waals surface area contributed by atoms with Crippen molar-refractivity contribution in [3.63, 3.8) is 0 Å². The van der Waals surface area contributed by atoms with E-state index in [1.807, 2.05) is 36.4 Å². The van der Waals surface area contributed by atoms with E-state index in [4.69, 9.17) is 9.47 Å². The Kier molecular flexibility index (Phi) is 7.07. The molecule has 0 spiro atoms. The molecule has 0 saturated carbocycles. The first-order chi connectivity index (χ1) is 15.7. The number of hydrogen-bond donors (Lipinski definition) is 0. The van der Waals surface area contributed by atoms with Gasteiger partial charge in [-0.2, -0.15) is 0 Å². The predicted octanol–water partition coefficient (Wildman–Crippen LogP) is 6.30. The van der Waals surface area contributed by atoms with E-state index in [0.29, 0.717) is 22.6 Å². The molecule has 0 fully saturated rings. The summed E-state index contributed by atoms with van der Waals surface area (Å²) in [5, 5.41) is 3.76. The standard InChI is InChI=1S/C28H30O4Si2/c1-19(29)31-27-17-25-15-24-14-22(10-12-34(6,7)8)28(32-20(2)30)18-26(24)16-23(25)13-21(27)9-11-33(3,4)5/h13-18H,1-8H3. The zero-order valence-corrected chi connectivity index (χ0v) is 23.1. The van der Waals surface area contributed by atoms with E-state index in [0.717, 1.165) is 21.5 Å². The van der Waals surface area contributed by atoms with Crippen molar-refractivity contribution in [3.05, 3.63) is 47.5 Å². The zero-order chi connectivity index (χ0) is 25.3. The molecule has 0 aliphatic rings. The van der Waals surface area contributed by atoms with Crippen molar-refractivity contribution in [1.29, 1.82) is 0 Å². The topological polar surface area (TPSA) is 52.6 Å². The molecule has 0 aliphatic carbocycles. The fourth-order valence-electron chi connectivity index (χ4n) is 3.24. The molecular weight excluding hydrogens is 456 g/mol. The van der Waals surface area contributed by atoms with Crippen molar-refractivity contribution >= 4 is 49.6 Å². The Balaban J connectivity index is 2.27. The molecule has 0 amide bonds. The third-order valence-corrected chi connectivity index (χ3v) is 6.39. The Morgan fingerprint density at radius 2 is 0.912 bits per heavy atom. The number of fused-ring (bicyclic) bond motifs is 2. The van der Waals surface area contributed by atoms with Crippen LogP contribution in [-0.2, 0) is 9.59 Å². The molecule has 34 heavy (non-hydrogen) atoms. The third kappa shape index (κ3) is 6.84. The van der Waals surface area contributed by atoms with Gasteiger partial charge in [-0.3, -0.25) is 9.59 Å². The van der Waals surface area contributed by atoms with Gasteiger partial charge in [-0.15, -0.1) is 11.1 Å². The van der Waals surface area contributed by atoms with Crippen LogP contribution in [0.15, 0.2) is 36.4 Å². The third-order valence-electron chi connectivity index (χ3n) is 4.64. The largest absolute Gasteiger partial charge is 0.425 e. The Bertz CT molecular complexity index is 1320. The summed E-state index contributed by atoms with van der Waals surface area (Å²) in [5.41, 5.74) is 8.06. The van der Waals surface area contributed by atoms with Gasteiger partial charge in [-0.25, -0.2) is 0 Å². The van der Waals surface area contributed by atoms with E-state index >= 15 is 0 Å². The van der Waals surface area contributed by atoms with E-state index in [9.17, 15) is 9.59 Å². The van der Waals surface area contributed by atoms with Gasteiger partial charge in [0.2, 0.25) is 0 Å². The van der Waals surface area contributed by atoms with E-state index in [-0.39, 0.29) is 11.9 Å². The lowest BCUT2D eigenvalue weighted by Gasteiger charge is -2.12. The zero-order valence-electron chi connectivity index (χ0n) is 21.1. The molecule has 0 aromatic heterocycles. The van der Waals surface area contributed by atoms with Crippen LogP contribution in [0.4, 0.5) is 0 Å². The maximum Gasteiger partial charge on any atom is 0.308 e. The first-order valence-electron chi connectivity index (χ1n) is 11.2. The first kappa shape index (κ1) is 25.3. The molecule has 0 unspecified atom stereocenters. The van der Waals surface area contributed by atoms with Gasteiger partial charge in [-0.05, 0) is 57.9 Å². The van der Waals surface area contributed by atoms with E-state index in [2.05, 4.69) is 62.2 Å². The highest BCUT2D eigenvalue weighted by Crippen LogP contribution is 2.33. The van der Waals surface area contributed by atoms with Crippen LogP contribution in [0.5, 0.6) is 11.5 Å². The van der Waals surface area contributed by atoms with Crippen LogP contribution in [0.1, 0.15) is 25.0 Å². The van der Waals surface area contributed by atoms with E-state index in [1.54, 1.807) is 0 Å². The average molecular weight is 487 g/mol. The average Bonchev–Trinajstić information content (AvgIpc) is 2.67. The highest BCUT2D eigenvalue weighted by atomic mass is 28.3. The van der Waals surface area contributed by atoms with Crippen LogP contribution in [0.25, 0.3) is 21.5 Å². The van der Waals surface area contributed by atoms with Crippen LogP contribution in [0.3, 0.4) is 0 Å². The minimum Gasteiger partial charge on any atom is -0.425 e. The van der Waals surface area contributed by atoms with Gasteiger partial charge in [0.1, 0.15) is 27.6 Å². The highest BCUT2D eigenvalue weighted by Gasteiger charge is 2.14. The van der Waals surface area contributed by atoms with Crippen LogP contribution in [0, 0.1) is 22.9 Å². The van der Waals surface area contributed by atoms with Crippen molar-refractivity contribution in [2.75, 3.05) is 0 Å². The van der Waals surface area contributed by atoms with Crippen LogP contribution in [0.2, 0.25) is 39.3 Å². The number of carbonyl (C=O) groups is 2. The van der Waals surface area contributed by atoms with Gasteiger partial charge in [-0.1, -0.05) is 51.1 Å². The second kappa shape index (κ2) is 9.50. The lowest BCUT2D eigenvalue weighted by Crippen LogP contribution is -2.16. The highest BCUT2D eigenvalue weighted by molar-refractivity contribution is 6.84. The molecule has 6 heteroatoms. The van der Waals surface area contributed by atoms with Crippen LogP contribution < -0.4 is 9.47 Å². The molecule has 3 rings (SSSR count). The first-order valence-corrected chi connectivity index (χ1v) is 18.2. The number of rotatable bonds is 2. The minimum absolute atomic E-state index is 0.383. The maximum atomic E-state index is 11.7. The summed E-state index contributed by atoms with van der Waals surface area (Å²) in [6, 6.07) is 11.7. The molecule has 0 N–H and O–H groups in total. The number of ether oxygens (including phenoxy) is 2. The van der Waals surface area contributed by atoms with Gasteiger partial charge in [0.15, 0.2) is 0 Å². The second-order valence-corrected chi connectivity index (χ2v) is 19.9. The molecule has 0 heterocycles. The molecule has 0 saturated heterocycles. The number of carbonyl (C=O) groups excluding carboxylic acids is 2. The summed E-state index contributed by atoms with van der Waals surface area (Å²) in [7, 11) is -3.25. The maximum absolute atomic E-state index is 11.7. The van der Waals surface area contributed by atoms with Gasteiger partial charge in [0.25, 0.3) is 0 Å². The fraction of sp³-hybridized carbons (Fsp3) is 0.286. The summed E-state index contributed by atoms with van der Waals surface area (Å²) in [6.07, 6.45) is 0. The summed E-state index contributed by atoms with van der Waals surface area (Å²) in [6.45, 7) is 15.8. The molecule has 0 atom stereocenters. The summed E-state index contributed by atoms with van der Waals surface area (Å²) >= 11 is 0. The van der Waals surface area contributed by atoms with Crippen LogP contribution in [-0.4, -0.2) is 28.1 Å². The van der Waals surface area contributed by atoms with E-state index in [1.165, 1.54) is 13.8 Å². The van der Waals surface area contributed by atoms with Crippen molar-refractivity contribution in [2.45, 2.75) is 53.1 Å². The fourth-order valence-corrected chi connectivity index (χ4v) is 4.26. The quantitative estimate of drug-likeness (QED) is 0.140. The molecule has 0 bridgehead atoms. The Labute approximate surface area is 203 Å². The second-order valence-electron chi connectivity index (χ2n) is 10.4. The van der Waals surface area contributed by atoms with E-state index < -0.39 is 16.1 Å². The Morgan fingerprint density at radius 1 is 0.588 bits per heavy atom. The SMILES string of the molecule is CC(=O)Oc1cc2cc3cc(C#C[Si](C)(C)C)c(OC(C)=O)cc3cc2cc1C#C[Si](C)(C)C. The van der Waals surface area contributed by atoms with Crippen molar-refractivity contribution in [2.24, 2.45) is 0 Å². The molecule has 3 aromatic rings. The molecule has 0 aliphatic heterocycles. The number of hydrogen-bond acceptors (Lipinski definition) is 4. The summed E-state index contributed by atoms with van der Waals surface area (Å²) in [4.78, 5) is 23.4.